The van der Waals surface area contributed by atoms with Crippen LogP contribution in [0.2, 0.25) is 0 Å². The molecule has 0 saturated heterocycles. The Morgan fingerprint density at radius 2 is 1.59 bits per heavy atom. The Hall–Kier alpha value is -0.330. The number of carbonyl (C=O) groups excluding carboxylic acids is 1. The van der Waals surface area contributed by atoms with Gasteiger partial charge in [0.25, 0.3) is 0 Å². The highest BCUT2D eigenvalue weighted by Gasteiger charge is 2.33. The SMILES string of the molecule is CC(C(=O)CC1(C)CCCCCC1)C(C)(C)C. The van der Waals surface area contributed by atoms with Gasteiger partial charge >= 0.3 is 0 Å². The van der Waals surface area contributed by atoms with E-state index >= 15 is 0 Å². The Kier molecular flexibility index (Phi) is 4.80. The van der Waals surface area contributed by atoms with Gasteiger partial charge in [-0.25, -0.2) is 0 Å². The fraction of sp³-hybridized carbons (Fsp3) is 0.938. The van der Waals surface area contributed by atoms with Crippen LogP contribution in [0.5, 0.6) is 0 Å². The molecule has 0 aromatic rings. The van der Waals surface area contributed by atoms with Crippen molar-refractivity contribution in [3.63, 3.8) is 0 Å². The third-order valence-corrected chi connectivity index (χ3v) is 4.69. The first-order valence-corrected chi connectivity index (χ1v) is 7.27. The Morgan fingerprint density at radius 1 is 1.12 bits per heavy atom. The predicted molar refractivity (Wildman–Crippen MR) is 74.1 cm³/mol. The van der Waals surface area contributed by atoms with Crippen molar-refractivity contribution in [3.05, 3.63) is 0 Å². The minimum absolute atomic E-state index is 0.109. The van der Waals surface area contributed by atoms with Gasteiger partial charge in [-0.3, -0.25) is 4.79 Å². The minimum atomic E-state index is 0.109. The lowest BCUT2D eigenvalue weighted by atomic mass is 9.72. The van der Waals surface area contributed by atoms with Crippen molar-refractivity contribution in [2.75, 3.05) is 0 Å². The maximum atomic E-state index is 12.4. The topological polar surface area (TPSA) is 17.1 Å². The second-order valence-corrected chi connectivity index (χ2v) is 7.46. The van der Waals surface area contributed by atoms with Crippen molar-refractivity contribution in [3.8, 4) is 0 Å². The molecule has 0 bridgehead atoms. The average molecular weight is 238 g/mol. The van der Waals surface area contributed by atoms with Gasteiger partial charge in [-0.1, -0.05) is 60.3 Å². The van der Waals surface area contributed by atoms with Gasteiger partial charge in [0.15, 0.2) is 0 Å². The number of rotatable bonds is 3. The molecule has 1 unspecified atom stereocenters. The smallest absolute Gasteiger partial charge is 0.136 e. The number of hydrogen-bond acceptors (Lipinski definition) is 1. The molecular weight excluding hydrogens is 208 g/mol. The summed E-state index contributed by atoms with van der Waals surface area (Å²) in [5.41, 5.74) is 0.394. The van der Waals surface area contributed by atoms with Gasteiger partial charge < -0.3 is 0 Å². The zero-order valence-corrected chi connectivity index (χ0v) is 12.4. The summed E-state index contributed by atoms with van der Waals surface area (Å²) in [6, 6.07) is 0. The number of Topliss-reactive ketones (excluding diaryl/α,β-unsaturated/α-hetero) is 1. The van der Waals surface area contributed by atoms with Crippen LogP contribution in [0.4, 0.5) is 0 Å². The van der Waals surface area contributed by atoms with Crippen LogP contribution in [0.1, 0.15) is 79.6 Å². The maximum absolute atomic E-state index is 12.4. The van der Waals surface area contributed by atoms with E-state index in [2.05, 4.69) is 34.6 Å². The summed E-state index contributed by atoms with van der Waals surface area (Å²) in [6.07, 6.45) is 8.63. The summed E-state index contributed by atoms with van der Waals surface area (Å²) in [4.78, 5) is 12.4. The van der Waals surface area contributed by atoms with Crippen molar-refractivity contribution < 1.29 is 4.79 Å². The van der Waals surface area contributed by atoms with Gasteiger partial charge in [0.05, 0.1) is 0 Å². The van der Waals surface area contributed by atoms with E-state index in [0.717, 1.165) is 6.42 Å². The van der Waals surface area contributed by atoms with Gasteiger partial charge in [0, 0.05) is 12.3 Å². The molecule has 1 aliphatic carbocycles. The van der Waals surface area contributed by atoms with Crippen molar-refractivity contribution in [1.82, 2.24) is 0 Å². The molecule has 1 fully saturated rings. The Bertz CT molecular complexity index is 251. The summed E-state index contributed by atoms with van der Waals surface area (Å²) in [7, 11) is 0. The second kappa shape index (κ2) is 5.54. The van der Waals surface area contributed by atoms with Crippen LogP contribution in [0.15, 0.2) is 0 Å². The van der Waals surface area contributed by atoms with E-state index in [9.17, 15) is 4.79 Å². The molecule has 0 heterocycles. The van der Waals surface area contributed by atoms with E-state index in [1.807, 2.05) is 0 Å². The second-order valence-electron chi connectivity index (χ2n) is 7.46. The summed E-state index contributed by atoms with van der Waals surface area (Å²) in [5, 5.41) is 0. The number of ketones is 1. The zero-order chi connectivity index (χ0) is 13.1. The van der Waals surface area contributed by atoms with E-state index in [1.165, 1.54) is 38.5 Å². The molecule has 1 nitrogen and oxygen atoms in total. The molecule has 0 spiro atoms. The molecule has 1 saturated carbocycles. The lowest BCUT2D eigenvalue weighted by Crippen LogP contribution is -2.30. The molecule has 0 radical (unpaired) electrons. The molecular formula is C16H30O. The summed E-state index contributed by atoms with van der Waals surface area (Å²) in [5.74, 6) is 0.657. The third kappa shape index (κ3) is 4.44. The van der Waals surface area contributed by atoms with Gasteiger partial charge in [-0.05, 0) is 23.7 Å². The predicted octanol–water partition coefficient (Wildman–Crippen LogP) is 4.99. The fourth-order valence-corrected chi connectivity index (χ4v) is 2.82. The minimum Gasteiger partial charge on any atom is -0.299 e. The molecule has 17 heavy (non-hydrogen) atoms. The van der Waals surface area contributed by atoms with Gasteiger partial charge in [0.1, 0.15) is 5.78 Å². The Morgan fingerprint density at radius 3 is 2.00 bits per heavy atom. The molecule has 1 atom stereocenters. The van der Waals surface area contributed by atoms with Crippen LogP contribution in [0.25, 0.3) is 0 Å². The van der Waals surface area contributed by atoms with E-state index in [-0.39, 0.29) is 16.7 Å². The summed E-state index contributed by atoms with van der Waals surface area (Å²) >= 11 is 0. The first kappa shape index (κ1) is 14.7. The Labute approximate surface area is 107 Å². The highest BCUT2D eigenvalue weighted by Crippen LogP contribution is 2.40. The summed E-state index contributed by atoms with van der Waals surface area (Å²) in [6.45, 7) is 10.9. The largest absolute Gasteiger partial charge is 0.299 e. The van der Waals surface area contributed by atoms with Crippen molar-refractivity contribution in [2.45, 2.75) is 79.6 Å². The van der Waals surface area contributed by atoms with Crippen LogP contribution in [-0.2, 0) is 4.79 Å². The molecule has 1 heteroatoms. The van der Waals surface area contributed by atoms with E-state index in [0.29, 0.717) is 5.78 Å². The van der Waals surface area contributed by atoms with Crippen LogP contribution < -0.4 is 0 Å². The van der Waals surface area contributed by atoms with Gasteiger partial charge in [-0.15, -0.1) is 0 Å². The van der Waals surface area contributed by atoms with Crippen LogP contribution in [0.3, 0.4) is 0 Å². The lowest BCUT2D eigenvalue weighted by Gasteiger charge is -2.32. The van der Waals surface area contributed by atoms with Crippen molar-refractivity contribution >= 4 is 5.78 Å². The Balaban J connectivity index is 2.60. The van der Waals surface area contributed by atoms with Gasteiger partial charge in [-0.2, -0.15) is 0 Å². The molecule has 0 aliphatic heterocycles. The zero-order valence-electron chi connectivity index (χ0n) is 12.4. The van der Waals surface area contributed by atoms with Crippen LogP contribution >= 0.6 is 0 Å². The first-order chi connectivity index (χ1) is 7.75. The summed E-state index contributed by atoms with van der Waals surface area (Å²) < 4.78 is 0. The van der Waals surface area contributed by atoms with Crippen LogP contribution in [-0.4, -0.2) is 5.78 Å². The van der Waals surface area contributed by atoms with E-state index in [4.69, 9.17) is 0 Å². The number of hydrogen-bond donors (Lipinski definition) is 0. The highest BCUT2D eigenvalue weighted by atomic mass is 16.1. The fourth-order valence-electron chi connectivity index (χ4n) is 2.82. The molecule has 0 N–H and O–H groups in total. The normalized spacial score (nSPS) is 22.9. The van der Waals surface area contributed by atoms with Crippen molar-refractivity contribution in [1.29, 1.82) is 0 Å². The molecule has 100 valence electrons. The monoisotopic (exact) mass is 238 g/mol. The molecule has 1 rings (SSSR count). The van der Waals surface area contributed by atoms with E-state index in [1.54, 1.807) is 0 Å². The average Bonchev–Trinajstić information content (AvgIpc) is 2.40. The standard InChI is InChI=1S/C16H30O/c1-13(15(2,3)4)14(17)12-16(5)10-8-6-7-9-11-16/h13H,6-12H2,1-5H3. The maximum Gasteiger partial charge on any atom is 0.136 e. The molecule has 0 aromatic heterocycles. The van der Waals surface area contributed by atoms with Crippen molar-refractivity contribution in [2.24, 2.45) is 16.7 Å². The van der Waals surface area contributed by atoms with Crippen LogP contribution in [0, 0.1) is 16.7 Å². The van der Waals surface area contributed by atoms with E-state index < -0.39 is 0 Å². The third-order valence-electron chi connectivity index (χ3n) is 4.69. The molecule has 0 aromatic carbocycles. The molecule has 0 amide bonds. The quantitative estimate of drug-likeness (QED) is 0.633. The van der Waals surface area contributed by atoms with Gasteiger partial charge in [0.2, 0.25) is 0 Å². The highest BCUT2D eigenvalue weighted by molar-refractivity contribution is 5.82. The lowest BCUT2D eigenvalue weighted by molar-refractivity contribution is -0.127. The molecule has 1 aliphatic rings. The first-order valence-electron chi connectivity index (χ1n) is 7.27. The number of carbonyl (C=O) groups is 1.